The van der Waals surface area contributed by atoms with Crippen LogP contribution in [-0.2, 0) is 19.1 Å². The predicted octanol–water partition coefficient (Wildman–Crippen LogP) is 2.93. The normalized spacial score (nSPS) is 21.4. The molecule has 2 amide bonds. The van der Waals surface area contributed by atoms with Crippen molar-refractivity contribution in [2.45, 2.75) is 30.9 Å². The first-order valence-corrected chi connectivity index (χ1v) is 11.5. The summed E-state index contributed by atoms with van der Waals surface area (Å²) in [4.78, 5) is 38.3. The van der Waals surface area contributed by atoms with Crippen LogP contribution >= 0.6 is 0 Å². The number of nitrogens with one attached hydrogen (secondary N) is 1. The van der Waals surface area contributed by atoms with Crippen LogP contribution in [0.25, 0.3) is 11.1 Å². The third-order valence-electron chi connectivity index (χ3n) is 6.78. The number of nitrogens with zero attached hydrogens (tertiary/aromatic N) is 1. The third-order valence-corrected chi connectivity index (χ3v) is 6.78. The van der Waals surface area contributed by atoms with E-state index in [0.29, 0.717) is 25.1 Å². The summed E-state index contributed by atoms with van der Waals surface area (Å²) in [5.74, 6) is -1.25. The van der Waals surface area contributed by atoms with Crippen LogP contribution in [0.3, 0.4) is 0 Å². The zero-order chi connectivity index (χ0) is 23.7. The van der Waals surface area contributed by atoms with Gasteiger partial charge in [0.15, 0.2) is 6.10 Å². The molecule has 1 aliphatic carbocycles. The largest absolute Gasteiger partial charge is 0.478 e. The molecular formula is C26H26N2O6. The maximum absolute atomic E-state index is 12.9. The highest BCUT2D eigenvalue weighted by molar-refractivity contribution is 5.88. The van der Waals surface area contributed by atoms with Crippen molar-refractivity contribution >= 4 is 18.0 Å². The number of benzene rings is 2. The van der Waals surface area contributed by atoms with Crippen molar-refractivity contribution in [3.05, 3.63) is 71.3 Å². The second-order valence-corrected chi connectivity index (χ2v) is 8.73. The van der Waals surface area contributed by atoms with Gasteiger partial charge in [0.2, 0.25) is 0 Å². The van der Waals surface area contributed by atoms with E-state index in [-0.39, 0.29) is 31.4 Å². The van der Waals surface area contributed by atoms with Crippen molar-refractivity contribution in [2.24, 2.45) is 0 Å². The lowest BCUT2D eigenvalue weighted by molar-refractivity contribution is -0.142. The predicted molar refractivity (Wildman–Crippen MR) is 123 cm³/mol. The third kappa shape index (κ3) is 4.17. The molecule has 1 fully saturated rings. The molecule has 0 unspecified atom stereocenters. The van der Waals surface area contributed by atoms with Gasteiger partial charge < -0.3 is 24.8 Å². The molecule has 2 N–H and O–H groups in total. The molecule has 0 radical (unpaired) electrons. The molecule has 8 heteroatoms. The van der Waals surface area contributed by atoms with Crippen LogP contribution in [0.2, 0.25) is 0 Å². The van der Waals surface area contributed by atoms with Gasteiger partial charge in [0.25, 0.3) is 5.91 Å². The fraction of sp³-hybridized carbons (Fsp3) is 0.346. The van der Waals surface area contributed by atoms with Crippen molar-refractivity contribution in [1.82, 2.24) is 10.2 Å². The second kappa shape index (κ2) is 9.30. The minimum absolute atomic E-state index is 0.0426. The number of aliphatic carboxylic acids is 1. The van der Waals surface area contributed by atoms with E-state index in [0.717, 1.165) is 22.3 Å². The number of hydrogen-bond donors (Lipinski definition) is 2. The van der Waals surface area contributed by atoms with Gasteiger partial charge >= 0.3 is 12.1 Å². The van der Waals surface area contributed by atoms with E-state index in [1.165, 1.54) is 0 Å². The van der Waals surface area contributed by atoms with Crippen LogP contribution in [0.4, 0.5) is 4.79 Å². The Balaban J connectivity index is 1.20. The van der Waals surface area contributed by atoms with E-state index < -0.39 is 24.2 Å². The Morgan fingerprint density at radius 2 is 1.74 bits per heavy atom. The van der Waals surface area contributed by atoms with E-state index in [4.69, 9.17) is 14.6 Å². The zero-order valence-electron chi connectivity index (χ0n) is 18.6. The molecule has 0 spiro atoms. The van der Waals surface area contributed by atoms with Crippen LogP contribution in [0.1, 0.15) is 29.9 Å². The van der Waals surface area contributed by atoms with Gasteiger partial charge in [-0.25, -0.2) is 9.59 Å². The summed E-state index contributed by atoms with van der Waals surface area (Å²) in [6, 6.07) is 15.8. The van der Waals surface area contributed by atoms with Crippen molar-refractivity contribution in [3.63, 3.8) is 0 Å². The van der Waals surface area contributed by atoms with Gasteiger partial charge in [-0.1, -0.05) is 54.6 Å². The van der Waals surface area contributed by atoms with E-state index in [2.05, 4.69) is 29.6 Å². The summed E-state index contributed by atoms with van der Waals surface area (Å²) in [7, 11) is 0. The molecule has 176 valence electrons. The van der Waals surface area contributed by atoms with Gasteiger partial charge in [0, 0.05) is 31.2 Å². The number of fused-ring (bicyclic) bond motifs is 3. The van der Waals surface area contributed by atoms with E-state index >= 15 is 0 Å². The number of carboxylic acids is 1. The minimum Gasteiger partial charge on any atom is -0.478 e. The van der Waals surface area contributed by atoms with Crippen molar-refractivity contribution < 1.29 is 29.0 Å². The monoisotopic (exact) mass is 462 g/mol. The Bertz CT molecular complexity index is 1110. The number of rotatable bonds is 5. The Kier molecular flexibility index (Phi) is 6.06. The SMILES string of the molecule is O=C(N[C@H]1CCO[C@H]1C(=O)N1CC=C(C(=O)O)CC1)OCC1c2ccccc2-c2ccccc21. The number of carboxylic acid groups (broad SMARTS) is 1. The molecule has 5 rings (SSSR count). The molecule has 2 aliphatic heterocycles. The Morgan fingerprint density at radius 1 is 1.06 bits per heavy atom. The smallest absolute Gasteiger partial charge is 0.407 e. The highest BCUT2D eigenvalue weighted by atomic mass is 16.6. The first-order chi connectivity index (χ1) is 16.5. The highest BCUT2D eigenvalue weighted by Crippen LogP contribution is 2.44. The number of amides is 2. The van der Waals surface area contributed by atoms with Gasteiger partial charge in [0.1, 0.15) is 6.61 Å². The first-order valence-electron chi connectivity index (χ1n) is 11.5. The van der Waals surface area contributed by atoms with Gasteiger partial charge in [0.05, 0.1) is 6.04 Å². The number of ether oxygens (including phenoxy) is 2. The Labute approximate surface area is 197 Å². The van der Waals surface area contributed by atoms with Crippen molar-refractivity contribution in [1.29, 1.82) is 0 Å². The highest BCUT2D eigenvalue weighted by Gasteiger charge is 2.39. The zero-order valence-corrected chi connectivity index (χ0v) is 18.6. The fourth-order valence-corrected chi connectivity index (χ4v) is 5.02. The molecular weight excluding hydrogens is 436 g/mol. The lowest BCUT2D eigenvalue weighted by Crippen LogP contribution is -2.50. The van der Waals surface area contributed by atoms with E-state index in [9.17, 15) is 14.4 Å². The van der Waals surface area contributed by atoms with Crippen LogP contribution < -0.4 is 5.32 Å². The maximum atomic E-state index is 12.9. The molecule has 2 aromatic rings. The first kappa shape index (κ1) is 22.2. The maximum Gasteiger partial charge on any atom is 0.407 e. The fourth-order valence-electron chi connectivity index (χ4n) is 5.02. The van der Waals surface area contributed by atoms with Gasteiger partial charge in [-0.2, -0.15) is 0 Å². The summed E-state index contributed by atoms with van der Waals surface area (Å²) >= 11 is 0. The van der Waals surface area contributed by atoms with Crippen molar-refractivity contribution in [3.8, 4) is 11.1 Å². The van der Waals surface area contributed by atoms with Crippen LogP contribution in [0.15, 0.2) is 60.2 Å². The van der Waals surface area contributed by atoms with Crippen LogP contribution in [-0.4, -0.2) is 66.4 Å². The Hall–Kier alpha value is -3.65. The second-order valence-electron chi connectivity index (χ2n) is 8.73. The van der Waals surface area contributed by atoms with Crippen LogP contribution in [0, 0.1) is 0 Å². The standard InChI is InChI=1S/C26H26N2O6/c29-24(28-12-9-16(10-13-28)25(30)31)23-22(11-14-33-23)27-26(32)34-15-21-19-7-3-1-5-17(19)18-6-2-4-8-20(18)21/h1-9,21-23H,10-15H2,(H,27,32)(H,30,31)/t22-,23+/m0/s1. The number of alkyl carbamates (subject to hydrolysis) is 1. The molecule has 0 aromatic heterocycles. The molecule has 0 bridgehead atoms. The molecule has 8 nitrogen and oxygen atoms in total. The van der Waals surface area contributed by atoms with Crippen LogP contribution in [0.5, 0.6) is 0 Å². The van der Waals surface area contributed by atoms with E-state index in [1.807, 2.05) is 24.3 Å². The van der Waals surface area contributed by atoms with Crippen molar-refractivity contribution in [2.75, 3.05) is 26.3 Å². The molecule has 34 heavy (non-hydrogen) atoms. The van der Waals surface area contributed by atoms with Gasteiger partial charge in [-0.05, 0) is 35.1 Å². The number of carbonyl (C=O) groups is 3. The topological polar surface area (TPSA) is 105 Å². The summed E-state index contributed by atoms with van der Waals surface area (Å²) < 4.78 is 11.2. The quantitative estimate of drug-likeness (QED) is 0.708. The number of carbonyl (C=O) groups excluding carboxylic acids is 2. The molecule has 1 saturated heterocycles. The molecule has 2 heterocycles. The molecule has 0 saturated carbocycles. The average molecular weight is 463 g/mol. The molecule has 2 aromatic carbocycles. The summed E-state index contributed by atoms with van der Waals surface area (Å²) in [5.41, 5.74) is 4.89. The Morgan fingerprint density at radius 3 is 2.35 bits per heavy atom. The average Bonchev–Trinajstić information content (AvgIpc) is 3.45. The summed E-state index contributed by atoms with van der Waals surface area (Å²) in [6.45, 7) is 1.09. The lowest BCUT2D eigenvalue weighted by atomic mass is 9.98. The van der Waals surface area contributed by atoms with Gasteiger partial charge in [-0.3, -0.25) is 4.79 Å². The van der Waals surface area contributed by atoms with E-state index in [1.54, 1.807) is 11.0 Å². The lowest BCUT2D eigenvalue weighted by Gasteiger charge is -2.29. The molecule has 2 atom stereocenters. The molecule has 3 aliphatic rings. The number of hydrogen-bond acceptors (Lipinski definition) is 5. The van der Waals surface area contributed by atoms with Gasteiger partial charge in [-0.15, -0.1) is 0 Å². The minimum atomic E-state index is -0.959. The summed E-state index contributed by atoms with van der Waals surface area (Å²) in [6.07, 6.45) is 0.956. The summed E-state index contributed by atoms with van der Waals surface area (Å²) in [5, 5.41) is 11.9.